The zero-order valence-electron chi connectivity index (χ0n) is 14.0. The van der Waals surface area contributed by atoms with Gasteiger partial charge in [-0.2, -0.15) is 5.10 Å². The number of unbranched alkanes of at least 4 members (excludes halogenated alkanes) is 1. The van der Waals surface area contributed by atoms with E-state index in [1.807, 2.05) is 11.1 Å². The van der Waals surface area contributed by atoms with Gasteiger partial charge in [0, 0.05) is 38.1 Å². The van der Waals surface area contributed by atoms with Gasteiger partial charge in [0.1, 0.15) is 5.69 Å². The Kier molecular flexibility index (Phi) is 5.08. The second-order valence-electron chi connectivity index (χ2n) is 6.19. The lowest BCUT2D eigenvalue weighted by Crippen LogP contribution is -2.41. The van der Waals surface area contributed by atoms with Crippen LogP contribution in [0.5, 0.6) is 0 Å². The summed E-state index contributed by atoms with van der Waals surface area (Å²) in [5.41, 5.74) is 0.187. The van der Waals surface area contributed by atoms with Crippen molar-refractivity contribution in [1.82, 2.24) is 24.2 Å². The molecule has 0 aromatic carbocycles. The Morgan fingerprint density at radius 3 is 3.00 bits per heavy atom. The molecule has 0 spiro atoms. The Bertz CT molecular complexity index is 738. The average Bonchev–Trinajstić information content (AvgIpc) is 3.15. The summed E-state index contributed by atoms with van der Waals surface area (Å²) >= 11 is 0. The van der Waals surface area contributed by atoms with E-state index in [2.05, 4.69) is 21.6 Å². The van der Waals surface area contributed by atoms with Crippen molar-refractivity contribution in [1.29, 1.82) is 0 Å². The lowest BCUT2D eigenvalue weighted by molar-refractivity contribution is 0.0670. The van der Waals surface area contributed by atoms with Crippen LogP contribution in [0, 0.1) is 0 Å². The standard InChI is InChI=1S/C17H23N5O2/c1-2-3-10-22-16(23)7-6-15(19-22)17(24)20-9-4-5-14(12-20)21-11-8-18-13-21/h6-8,11,13-14H,2-5,9-10,12H2,1H3/t14-/m1/s1. The number of amides is 1. The predicted octanol–water partition coefficient (Wildman–Crippen LogP) is 1.72. The molecule has 1 atom stereocenters. The third-order valence-corrected chi connectivity index (χ3v) is 4.44. The maximum Gasteiger partial charge on any atom is 0.274 e. The zero-order valence-corrected chi connectivity index (χ0v) is 14.0. The van der Waals surface area contributed by atoms with Crippen LogP contribution >= 0.6 is 0 Å². The summed E-state index contributed by atoms with van der Waals surface area (Å²) in [6.07, 6.45) is 9.31. The number of hydrogen-bond acceptors (Lipinski definition) is 4. The molecule has 0 bridgehead atoms. The Morgan fingerprint density at radius 1 is 1.38 bits per heavy atom. The van der Waals surface area contributed by atoms with Crippen molar-refractivity contribution in [3.8, 4) is 0 Å². The molecule has 7 nitrogen and oxygen atoms in total. The molecular weight excluding hydrogens is 306 g/mol. The highest BCUT2D eigenvalue weighted by atomic mass is 16.2. The lowest BCUT2D eigenvalue weighted by Gasteiger charge is -2.33. The maximum atomic E-state index is 12.8. The van der Waals surface area contributed by atoms with E-state index < -0.39 is 0 Å². The van der Waals surface area contributed by atoms with Gasteiger partial charge in [-0.25, -0.2) is 9.67 Å². The number of aryl methyl sites for hydroxylation is 1. The Balaban J connectivity index is 1.74. The van der Waals surface area contributed by atoms with Crippen molar-refractivity contribution in [2.45, 2.75) is 45.2 Å². The minimum atomic E-state index is -0.157. The fourth-order valence-electron chi connectivity index (χ4n) is 3.06. The van der Waals surface area contributed by atoms with E-state index in [9.17, 15) is 9.59 Å². The molecule has 2 aromatic rings. The molecule has 0 saturated carbocycles. The van der Waals surface area contributed by atoms with E-state index in [0.717, 1.165) is 32.2 Å². The molecule has 0 N–H and O–H groups in total. The molecule has 1 fully saturated rings. The van der Waals surface area contributed by atoms with E-state index >= 15 is 0 Å². The topological polar surface area (TPSA) is 73.0 Å². The quantitative estimate of drug-likeness (QED) is 0.837. The van der Waals surface area contributed by atoms with E-state index in [1.165, 1.54) is 16.8 Å². The first-order chi connectivity index (χ1) is 11.7. The fourth-order valence-corrected chi connectivity index (χ4v) is 3.06. The molecule has 0 unspecified atom stereocenters. The molecule has 7 heteroatoms. The van der Waals surface area contributed by atoms with Gasteiger partial charge in [-0.3, -0.25) is 9.59 Å². The van der Waals surface area contributed by atoms with Crippen LogP contribution in [0.15, 0.2) is 35.6 Å². The molecule has 0 radical (unpaired) electrons. The van der Waals surface area contributed by atoms with E-state index in [1.54, 1.807) is 12.5 Å². The van der Waals surface area contributed by atoms with Crippen LogP contribution in [0.2, 0.25) is 0 Å². The molecule has 2 aromatic heterocycles. The molecule has 1 saturated heterocycles. The minimum Gasteiger partial charge on any atom is -0.335 e. The number of carbonyl (C=O) groups excluding carboxylic acids is 1. The number of hydrogen-bond donors (Lipinski definition) is 0. The Hall–Kier alpha value is -2.44. The van der Waals surface area contributed by atoms with Crippen molar-refractivity contribution < 1.29 is 4.79 Å². The molecule has 24 heavy (non-hydrogen) atoms. The number of nitrogens with zero attached hydrogens (tertiary/aromatic N) is 5. The highest BCUT2D eigenvalue weighted by molar-refractivity contribution is 5.92. The van der Waals surface area contributed by atoms with Crippen molar-refractivity contribution >= 4 is 5.91 Å². The van der Waals surface area contributed by atoms with Crippen LogP contribution in [0.25, 0.3) is 0 Å². The van der Waals surface area contributed by atoms with Gasteiger partial charge in [0.15, 0.2) is 0 Å². The van der Waals surface area contributed by atoms with Gasteiger partial charge >= 0.3 is 0 Å². The van der Waals surface area contributed by atoms with Crippen LogP contribution in [-0.2, 0) is 6.54 Å². The first-order valence-corrected chi connectivity index (χ1v) is 8.54. The monoisotopic (exact) mass is 329 g/mol. The molecule has 3 heterocycles. The SMILES string of the molecule is CCCCn1nc(C(=O)N2CCC[C@@H](n3ccnc3)C2)ccc1=O. The van der Waals surface area contributed by atoms with Crippen LogP contribution < -0.4 is 5.56 Å². The zero-order chi connectivity index (χ0) is 16.9. The molecule has 3 rings (SSSR count). The van der Waals surface area contributed by atoms with Gasteiger partial charge < -0.3 is 9.47 Å². The van der Waals surface area contributed by atoms with Crippen molar-refractivity contribution in [2.24, 2.45) is 0 Å². The van der Waals surface area contributed by atoms with E-state index in [0.29, 0.717) is 18.8 Å². The number of carbonyl (C=O) groups is 1. The summed E-state index contributed by atoms with van der Waals surface area (Å²) in [4.78, 5) is 30.5. The number of likely N-dealkylation sites (tertiary alicyclic amines) is 1. The minimum absolute atomic E-state index is 0.106. The highest BCUT2D eigenvalue weighted by Gasteiger charge is 2.26. The van der Waals surface area contributed by atoms with Crippen LogP contribution in [-0.4, -0.2) is 43.2 Å². The summed E-state index contributed by atoms with van der Waals surface area (Å²) in [5.74, 6) is -0.106. The Morgan fingerprint density at radius 2 is 2.25 bits per heavy atom. The lowest BCUT2D eigenvalue weighted by atomic mass is 10.1. The fraction of sp³-hybridized carbons (Fsp3) is 0.529. The van der Waals surface area contributed by atoms with Gasteiger partial charge in [-0.05, 0) is 25.3 Å². The third kappa shape index (κ3) is 3.55. The number of rotatable bonds is 5. The van der Waals surface area contributed by atoms with Crippen molar-refractivity contribution in [3.05, 3.63) is 46.9 Å². The van der Waals surface area contributed by atoms with Crippen molar-refractivity contribution in [2.75, 3.05) is 13.1 Å². The second-order valence-corrected chi connectivity index (χ2v) is 6.19. The molecule has 1 amide bonds. The molecule has 0 aliphatic carbocycles. The Labute approximate surface area is 140 Å². The van der Waals surface area contributed by atoms with Crippen molar-refractivity contribution in [3.63, 3.8) is 0 Å². The van der Waals surface area contributed by atoms with Gasteiger partial charge in [0.25, 0.3) is 11.5 Å². The van der Waals surface area contributed by atoms with E-state index in [4.69, 9.17) is 0 Å². The molecular formula is C17H23N5O2. The first-order valence-electron chi connectivity index (χ1n) is 8.54. The first kappa shape index (κ1) is 16.4. The summed E-state index contributed by atoms with van der Waals surface area (Å²) in [5, 5.41) is 4.27. The van der Waals surface area contributed by atoms with Gasteiger partial charge in [-0.1, -0.05) is 13.3 Å². The molecule has 1 aliphatic heterocycles. The molecule has 1 aliphatic rings. The molecule has 128 valence electrons. The smallest absolute Gasteiger partial charge is 0.274 e. The van der Waals surface area contributed by atoms with Gasteiger partial charge in [0.05, 0.1) is 12.4 Å². The number of piperidine rings is 1. The summed E-state index contributed by atoms with van der Waals surface area (Å²) in [6.45, 7) is 3.98. The third-order valence-electron chi connectivity index (χ3n) is 4.44. The average molecular weight is 329 g/mol. The van der Waals surface area contributed by atoms with Gasteiger partial charge in [0.2, 0.25) is 0 Å². The number of imidazole rings is 1. The highest BCUT2D eigenvalue weighted by Crippen LogP contribution is 2.22. The number of aromatic nitrogens is 4. The van der Waals surface area contributed by atoms with Crippen LogP contribution in [0.1, 0.15) is 49.1 Å². The van der Waals surface area contributed by atoms with Crippen LogP contribution in [0.4, 0.5) is 0 Å². The summed E-state index contributed by atoms with van der Waals surface area (Å²) < 4.78 is 3.45. The maximum absolute atomic E-state index is 12.8. The summed E-state index contributed by atoms with van der Waals surface area (Å²) in [6, 6.07) is 3.22. The second kappa shape index (κ2) is 7.42. The summed E-state index contributed by atoms with van der Waals surface area (Å²) in [7, 11) is 0. The predicted molar refractivity (Wildman–Crippen MR) is 89.8 cm³/mol. The van der Waals surface area contributed by atoms with Gasteiger partial charge in [-0.15, -0.1) is 0 Å². The largest absolute Gasteiger partial charge is 0.335 e. The van der Waals surface area contributed by atoms with Crippen LogP contribution in [0.3, 0.4) is 0 Å². The normalized spacial score (nSPS) is 17.9. The van der Waals surface area contributed by atoms with E-state index in [-0.39, 0.29) is 17.5 Å².